The van der Waals surface area contributed by atoms with Gasteiger partial charge >= 0.3 is 0 Å². The van der Waals surface area contributed by atoms with Crippen molar-refractivity contribution in [3.05, 3.63) is 35.4 Å². The summed E-state index contributed by atoms with van der Waals surface area (Å²) in [7, 11) is 0. The molecule has 3 N–H and O–H groups in total. The zero-order valence-electron chi connectivity index (χ0n) is 8.98. The van der Waals surface area contributed by atoms with Crippen LogP contribution in [0.15, 0.2) is 24.4 Å². The second-order valence-corrected chi connectivity index (χ2v) is 4.02. The fourth-order valence-corrected chi connectivity index (χ4v) is 1.91. The van der Waals surface area contributed by atoms with Gasteiger partial charge in [0.25, 0.3) is 0 Å². The third kappa shape index (κ3) is 1.58. The number of nitrogens with zero attached hydrogens (tertiary/aromatic N) is 3. The smallest absolute Gasteiger partial charge is 0.166 e. The van der Waals surface area contributed by atoms with Crippen molar-refractivity contribution in [3.8, 4) is 11.4 Å². The number of benzene rings is 1. The molecule has 18 heavy (non-hydrogen) atoms. The molecule has 0 aliphatic rings. The van der Waals surface area contributed by atoms with Crippen molar-refractivity contribution in [1.82, 2.24) is 20.2 Å². The lowest BCUT2D eigenvalue weighted by atomic mass is 10.1. The molecule has 0 unspecified atom stereocenters. The van der Waals surface area contributed by atoms with Gasteiger partial charge < -0.3 is 5.73 Å². The molecular weight excluding hydrogens is 257 g/mol. The van der Waals surface area contributed by atoms with Crippen LogP contribution >= 0.6 is 11.6 Å². The van der Waals surface area contributed by atoms with Crippen molar-refractivity contribution >= 4 is 28.3 Å². The molecule has 0 atom stereocenters. The summed E-state index contributed by atoms with van der Waals surface area (Å²) < 4.78 is 13.8. The summed E-state index contributed by atoms with van der Waals surface area (Å²) >= 11 is 5.96. The highest BCUT2D eigenvalue weighted by atomic mass is 35.5. The summed E-state index contributed by atoms with van der Waals surface area (Å²) in [5.41, 5.74) is 7.08. The predicted octanol–water partition coefficient (Wildman–Crippen LogP) is 2.39. The average molecular weight is 264 g/mol. The Morgan fingerprint density at radius 3 is 2.89 bits per heavy atom. The number of halogens is 2. The summed E-state index contributed by atoms with van der Waals surface area (Å²) in [6, 6.07) is 4.39. The Bertz CT molecular complexity index is 719. The van der Waals surface area contributed by atoms with E-state index in [9.17, 15) is 4.39 Å². The van der Waals surface area contributed by atoms with Crippen molar-refractivity contribution < 1.29 is 4.39 Å². The fraction of sp³-hybridized carbons (Fsp3) is 0. The standard InChI is InChI=1S/C11H7ClFN5/c12-10-9-7(4-15-18-9)16-11(17-10)8-5(13)2-1-3-6(8)14/h1-4H,14H2,(H,15,18). The number of nitrogen functional groups attached to an aromatic ring is 1. The van der Waals surface area contributed by atoms with Crippen LogP contribution in [0.2, 0.25) is 5.15 Å². The fourth-order valence-electron chi connectivity index (χ4n) is 1.69. The van der Waals surface area contributed by atoms with E-state index in [1.54, 1.807) is 12.3 Å². The molecule has 0 fully saturated rings. The molecule has 3 aromatic rings. The summed E-state index contributed by atoms with van der Waals surface area (Å²) in [6.07, 6.45) is 1.56. The van der Waals surface area contributed by atoms with E-state index in [-0.39, 0.29) is 22.2 Å². The molecule has 2 aromatic heterocycles. The summed E-state index contributed by atoms with van der Waals surface area (Å²) in [5.74, 6) is -0.349. The van der Waals surface area contributed by atoms with Gasteiger partial charge in [-0.15, -0.1) is 0 Å². The highest BCUT2D eigenvalue weighted by molar-refractivity contribution is 6.33. The molecule has 0 radical (unpaired) electrons. The molecule has 1 aromatic carbocycles. The Morgan fingerprint density at radius 2 is 2.11 bits per heavy atom. The number of H-pyrrole nitrogens is 1. The minimum atomic E-state index is -0.492. The van der Waals surface area contributed by atoms with Crippen LogP contribution in [-0.2, 0) is 0 Å². The van der Waals surface area contributed by atoms with Crippen LogP contribution in [0.5, 0.6) is 0 Å². The first-order chi connectivity index (χ1) is 8.66. The SMILES string of the molecule is Nc1cccc(F)c1-c1nc(Cl)c2n[nH]cc2n1. The molecule has 90 valence electrons. The van der Waals surface area contributed by atoms with Gasteiger partial charge in [-0.1, -0.05) is 17.7 Å². The molecule has 0 bridgehead atoms. The Hall–Kier alpha value is -2.21. The van der Waals surface area contributed by atoms with E-state index >= 15 is 0 Å². The predicted molar refractivity (Wildman–Crippen MR) is 66.5 cm³/mol. The largest absolute Gasteiger partial charge is 0.398 e. The molecule has 5 nitrogen and oxygen atoms in total. The van der Waals surface area contributed by atoms with E-state index in [2.05, 4.69) is 20.2 Å². The van der Waals surface area contributed by atoms with E-state index < -0.39 is 5.82 Å². The quantitative estimate of drug-likeness (QED) is 0.522. The molecule has 0 aliphatic carbocycles. The topological polar surface area (TPSA) is 80.5 Å². The number of hydrogen-bond donors (Lipinski definition) is 2. The minimum Gasteiger partial charge on any atom is -0.398 e. The van der Waals surface area contributed by atoms with E-state index in [1.165, 1.54) is 12.1 Å². The Morgan fingerprint density at radius 1 is 1.28 bits per heavy atom. The third-order valence-corrected chi connectivity index (χ3v) is 2.78. The van der Waals surface area contributed by atoms with Gasteiger partial charge in [0.05, 0.1) is 5.56 Å². The molecule has 7 heteroatoms. The molecule has 0 saturated heterocycles. The number of fused-ring (bicyclic) bond motifs is 1. The number of nitrogens with one attached hydrogen (secondary N) is 1. The number of aromatic nitrogens is 4. The van der Waals surface area contributed by atoms with Crippen molar-refractivity contribution in [2.45, 2.75) is 0 Å². The van der Waals surface area contributed by atoms with Crippen LogP contribution in [0.1, 0.15) is 0 Å². The van der Waals surface area contributed by atoms with Crippen LogP contribution in [-0.4, -0.2) is 20.2 Å². The zero-order chi connectivity index (χ0) is 12.7. The van der Waals surface area contributed by atoms with Crippen molar-refractivity contribution in [1.29, 1.82) is 0 Å². The van der Waals surface area contributed by atoms with Crippen LogP contribution in [0.3, 0.4) is 0 Å². The maximum absolute atomic E-state index is 13.8. The third-order valence-electron chi connectivity index (χ3n) is 2.52. The highest BCUT2D eigenvalue weighted by Crippen LogP contribution is 2.28. The van der Waals surface area contributed by atoms with E-state index in [0.717, 1.165) is 0 Å². The van der Waals surface area contributed by atoms with Crippen molar-refractivity contribution in [3.63, 3.8) is 0 Å². The Labute approximate surface area is 106 Å². The number of nitrogens with two attached hydrogens (primary N) is 1. The molecule has 0 saturated carbocycles. The summed E-state index contributed by atoms with van der Waals surface area (Å²) in [5, 5.41) is 6.67. The minimum absolute atomic E-state index is 0.141. The summed E-state index contributed by atoms with van der Waals surface area (Å²) in [6.45, 7) is 0. The van der Waals surface area contributed by atoms with Gasteiger partial charge in [-0.05, 0) is 12.1 Å². The Kier molecular flexibility index (Phi) is 2.38. The van der Waals surface area contributed by atoms with E-state index in [0.29, 0.717) is 11.0 Å². The summed E-state index contributed by atoms with van der Waals surface area (Å²) in [4.78, 5) is 8.20. The van der Waals surface area contributed by atoms with Crippen LogP contribution in [0.4, 0.5) is 10.1 Å². The van der Waals surface area contributed by atoms with Gasteiger partial charge in [-0.3, -0.25) is 5.10 Å². The first-order valence-electron chi connectivity index (χ1n) is 5.08. The van der Waals surface area contributed by atoms with E-state index in [1.807, 2.05) is 0 Å². The van der Waals surface area contributed by atoms with Gasteiger partial charge in [-0.25, -0.2) is 14.4 Å². The lowest BCUT2D eigenvalue weighted by Crippen LogP contribution is -1.98. The molecule has 3 rings (SSSR count). The Balaban J connectivity index is 2.31. The molecule has 0 spiro atoms. The van der Waals surface area contributed by atoms with Crippen LogP contribution < -0.4 is 5.73 Å². The normalized spacial score (nSPS) is 11.0. The molecule has 0 aliphatic heterocycles. The van der Waals surface area contributed by atoms with Gasteiger partial charge in [0.15, 0.2) is 11.0 Å². The first-order valence-corrected chi connectivity index (χ1v) is 5.46. The molecular formula is C11H7ClFN5. The average Bonchev–Trinajstić information content (AvgIpc) is 2.77. The van der Waals surface area contributed by atoms with Gasteiger partial charge in [0.1, 0.15) is 16.9 Å². The monoisotopic (exact) mass is 263 g/mol. The first kappa shape index (κ1) is 10.9. The maximum Gasteiger partial charge on any atom is 0.166 e. The van der Waals surface area contributed by atoms with Gasteiger partial charge in [0.2, 0.25) is 0 Å². The van der Waals surface area contributed by atoms with Crippen LogP contribution in [0.25, 0.3) is 22.4 Å². The van der Waals surface area contributed by atoms with E-state index in [4.69, 9.17) is 17.3 Å². The zero-order valence-corrected chi connectivity index (χ0v) is 9.74. The highest BCUT2D eigenvalue weighted by Gasteiger charge is 2.15. The van der Waals surface area contributed by atoms with Gasteiger partial charge in [0, 0.05) is 11.9 Å². The number of anilines is 1. The second kappa shape index (κ2) is 3.92. The van der Waals surface area contributed by atoms with Crippen LogP contribution in [0, 0.1) is 5.82 Å². The van der Waals surface area contributed by atoms with Crippen molar-refractivity contribution in [2.75, 3.05) is 5.73 Å². The lowest BCUT2D eigenvalue weighted by molar-refractivity contribution is 0.630. The van der Waals surface area contributed by atoms with Gasteiger partial charge in [-0.2, -0.15) is 5.10 Å². The molecule has 0 amide bonds. The second-order valence-electron chi connectivity index (χ2n) is 3.66. The number of hydrogen-bond acceptors (Lipinski definition) is 4. The molecule has 2 heterocycles. The number of aromatic amines is 1. The number of rotatable bonds is 1. The lowest BCUT2D eigenvalue weighted by Gasteiger charge is -2.05. The maximum atomic E-state index is 13.8. The van der Waals surface area contributed by atoms with Crippen molar-refractivity contribution in [2.24, 2.45) is 0 Å².